The molecule has 1 N–H and O–H groups in total. The van der Waals surface area contributed by atoms with Crippen LogP contribution in [0, 0.1) is 5.82 Å². The number of ether oxygens (including phenoxy) is 1. The highest BCUT2D eigenvalue weighted by Gasteiger charge is 2.22. The number of hydrogen-bond donors (Lipinski definition) is 1. The van der Waals surface area contributed by atoms with E-state index in [-0.39, 0.29) is 21.2 Å². The van der Waals surface area contributed by atoms with Crippen LogP contribution in [0.5, 0.6) is 0 Å². The molecule has 0 spiro atoms. The van der Waals surface area contributed by atoms with Gasteiger partial charge in [-0.3, -0.25) is 4.72 Å². The van der Waals surface area contributed by atoms with E-state index in [1.165, 1.54) is 30.3 Å². The first kappa shape index (κ1) is 16.3. The Kier molecular flexibility index (Phi) is 4.68. The van der Waals surface area contributed by atoms with Crippen molar-refractivity contribution in [3.63, 3.8) is 0 Å². The lowest BCUT2D eigenvalue weighted by molar-refractivity contribution is 0.0596. The van der Waals surface area contributed by atoms with E-state index in [2.05, 4.69) is 9.46 Å². The van der Waals surface area contributed by atoms with Crippen molar-refractivity contribution in [3.05, 3.63) is 58.9 Å². The topological polar surface area (TPSA) is 72.5 Å². The van der Waals surface area contributed by atoms with Gasteiger partial charge in [0.25, 0.3) is 10.0 Å². The van der Waals surface area contributed by atoms with Crippen molar-refractivity contribution in [2.45, 2.75) is 4.90 Å². The van der Waals surface area contributed by atoms with Gasteiger partial charge in [-0.1, -0.05) is 23.7 Å². The third-order valence-electron chi connectivity index (χ3n) is 2.75. The maximum Gasteiger partial charge on any atom is 0.339 e. The molecule has 0 aliphatic carbocycles. The van der Waals surface area contributed by atoms with Crippen LogP contribution in [0.1, 0.15) is 10.4 Å². The third-order valence-corrected chi connectivity index (χ3v) is 4.48. The Morgan fingerprint density at radius 3 is 2.55 bits per heavy atom. The molecule has 0 aliphatic heterocycles. The molecule has 22 heavy (non-hydrogen) atoms. The highest BCUT2D eigenvalue weighted by Crippen LogP contribution is 2.23. The van der Waals surface area contributed by atoms with Gasteiger partial charge in [0.1, 0.15) is 10.7 Å². The van der Waals surface area contributed by atoms with Crippen molar-refractivity contribution in [2.24, 2.45) is 0 Å². The second-order valence-corrected chi connectivity index (χ2v) is 6.28. The molecule has 2 rings (SSSR count). The van der Waals surface area contributed by atoms with Crippen LogP contribution >= 0.6 is 11.6 Å². The van der Waals surface area contributed by atoms with Gasteiger partial charge in [-0.15, -0.1) is 0 Å². The van der Waals surface area contributed by atoms with E-state index in [1.807, 2.05) is 0 Å². The molecule has 8 heteroatoms. The number of hydrogen-bond acceptors (Lipinski definition) is 4. The minimum absolute atomic E-state index is 0.0751. The Hall–Kier alpha value is -2.12. The van der Waals surface area contributed by atoms with Crippen LogP contribution in [-0.2, 0) is 14.8 Å². The predicted molar refractivity (Wildman–Crippen MR) is 80.0 cm³/mol. The molecule has 0 unspecified atom stereocenters. The quantitative estimate of drug-likeness (QED) is 0.866. The summed E-state index contributed by atoms with van der Waals surface area (Å²) in [6.45, 7) is 0. The number of anilines is 1. The highest BCUT2D eigenvalue weighted by atomic mass is 35.5. The number of esters is 1. The van der Waals surface area contributed by atoms with Gasteiger partial charge in [0.05, 0.1) is 23.4 Å². The smallest absolute Gasteiger partial charge is 0.339 e. The Balaban J connectivity index is 2.43. The molecule has 5 nitrogen and oxygen atoms in total. The zero-order valence-electron chi connectivity index (χ0n) is 11.3. The van der Waals surface area contributed by atoms with E-state index in [9.17, 15) is 17.6 Å². The van der Waals surface area contributed by atoms with Crippen molar-refractivity contribution < 1.29 is 22.3 Å². The Morgan fingerprint density at radius 2 is 1.91 bits per heavy atom. The molecule has 0 radical (unpaired) electrons. The molecule has 0 amide bonds. The fraction of sp³-hybridized carbons (Fsp3) is 0.0714. The first-order valence-corrected chi connectivity index (χ1v) is 7.86. The summed E-state index contributed by atoms with van der Waals surface area (Å²) >= 11 is 5.61. The maximum absolute atomic E-state index is 13.1. The number of sulfonamides is 1. The minimum atomic E-state index is -4.06. The van der Waals surface area contributed by atoms with E-state index in [0.29, 0.717) is 0 Å². The first-order valence-electron chi connectivity index (χ1n) is 6.00. The van der Waals surface area contributed by atoms with Gasteiger partial charge in [0.15, 0.2) is 0 Å². The molecule has 0 fully saturated rings. The average Bonchev–Trinajstić information content (AvgIpc) is 2.50. The maximum atomic E-state index is 13.1. The second-order valence-electron chi connectivity index (χ2n) is 4.22. The van der Waals surface area contributed by atoms with E-state index < -0.39 is 21.8 Å². The molecule has 0 saturated heterocycles. The van der Waals surface area contributed by atoms with Gasteiger partial charge in [-0.05, 0) is 30.3 Å². The van der Waals surface area contributed by atoms with Gasteiger partial charge in [-0.2, -0.15) is 0 Å². The van der Waals surface area contributed by atoms with Crippen LogP contribution in [0.3, 0.4) is 0 Å². The Labute approximate surface area is 131 Å². The van der Waals surface area contributed by atoms with E-state index in [0.717, 1.165) is 19.2 Å². The Morgan fingerprint density at radius 1 is 1.23 bits per heavy atom. The third kappa shape index (κ3) is 3.37. The lowest BCUT2D eigenvalue weighted by Crippen LogP contribution is -2.17. The number of nitrogens with one attached hydrogen (secondary N) is 1. The van der Waals surface area contributed by atoms with Gasteiger partial charge in [0.2, 0.25) is 0 Å². The van der Waals surface area contributed by atoms with Crippen LogP contribution in [-0.4, -0.2) is 21.5 Å². The van der Waals surface area contributed by atoms with Crippen molar-refractivity contribution in [1.29, 1.82) is 0 Å². The van der Waals surface area contributed by atoms with E-state index in [1.54, 1.807) is 0 Å². The molecule has 116 valence electrons. The van der Waals surface area contributed by atoms with Crippen molar-refractivity contribution in [3.8, 4) is 0 Å². The molecule has 0 heterocycles. The zero-order chi connectivity index (χ0) is 16.3. The molecule has 2 aromatic carbocycles. The number of carbonyl (C=O) groups is 1. The zero-order valence-corrected chi connectivity index (χ0v) is 12.9. The van der Waals surface area contributed by atoms with Gasteiger partial charge < -0.3 is 4.74 Å². The monoisotopic (exact) mass is 343 g/mol. The lowest BCUT2D eigenvalue weighted by atomic mass is 10.2. The standard InChI is InChI=1S/C14H11ClFNO4S/c1-21-14(18)10-4-2-3-5-13(10)22(19,20)17-9-6-7-12(16)11(15)8-9/h2-8,17H,1H3. The van der Waals surface area contributed by atoms with Crippen LogP contribution in [0.2, 0.25) is 5.02 Å². The van der Waals surface area contributed by atoms with Gasteiger partial charge in [0, 0.05) is 0 Å². The van der Waals surface area contributed by atoms with Gasteiger partial charge in [-0.25, -0.2) is 17.6 Å². The fourth-order valence-corrected chi connectivity index (χ4v) is 3.18. The van der Waals surface area contributed by atoms with E-state index >= 15 is 0 Å². The summed E-state index contributed by atoms with van der Waals surface area (Å²) in [5, 5.41) is -0.221. The molecule has 0 aromatic heterocycles. The second kappa shape index (κ2) is 6.33. The average molecular weight is 344 g/mol. The molecule has 0 saturated carbocycles. The van der Waals surface area contributed by atoms with Gasteiger partial charge >= 0.3 is 5.97 Å². The predicted octanol–water partition coefficient (Wildman–Crippen LogP) is 3.07. The van der Waals surface area contributed by atoms with Crippen molar-refractivity contribution in [2.75, 3.05) is 11.8 Å². The van der Waals surface area contributed by atoms with E-state index in [4.69, 9.17) is 11.6 Å². The van der Waals surface area contributed by atoms with Crippen LogP contribution < -0.4 is 4.72 Å². The fourth-order valence-electron chi connectivity index (χ4n) is 1.75. The summed E-state index contributed by atoms with van der Waals surface area (Å²) in [5.74, 6) is -1.45. The SMILES string of the molecule is COC(=O)c1ccccc1S(=O)(=O)Nc1ccc(F)c(Cl)c1. The first-order chi connectivity index (χ1) is 10.3. The molecule has 0 atom stereocenters. The minimum Gasteiger partial charge on any atom is -0.465 e. The Bertz CT molecular complexity index is 823. The molecule has 0 aliphatic rings. The highest BCUT2D eigenvalue weighted by molar-refractivity contribution is 7.92. The van der Waals surface area contributed by atoms with Crippen LogP contribution in [0.4, 0.5) is 10.1 Å². The summed E-state index contributed by atoms with van der Waals surface area (Å²) in [6, 6.07) is 8.97. The van der Waals surface area contributed by atoms with Crippen molar-refractivity contribution in [1.82, 2.24) is 0 Å². The number of halogens is 2. The van der Waals surface area contributed by atoms with Crippen LogP contribution in [0.15, 0.2) is 47.4 Å². The number of carbonyl (C=O) groups excluding carboxylic acids is 1. The number of rotatable bonds is 4. The molecule has 0 bridgehead atoms. The summed E-state index contributed by atoms with van der Waals surface area (Å²) in [6.07, 6.45) is 0. The normalized spacial score (nSPS) is 11.0. The number of benzene rings is 2. The molecular weight excluding hydrogens is 333 g/mol. The molecule has 2 aromatic rings. The largest absolute Gasteiger partial charge is 0.465 e. The summed E-state index contributed by atoms with van der Waals surface area (Å²) < 4.78 is 44.7. The summed E-state index contributed by atoms with van der Waals surface area (Å²) in [4.78, 5) is 11.4. The molecular formula is C14H11ClFNO4S. The van der Waals surface area contributed by atoms with Crippen molar-refractivity contribution >= 4 is 33.3 Å². The number of methoxy groups -OCH3 is 1. The summed E-state index contributed by atoms with van der Waals surface area (Å²) in [5.41, 5.74) is -0.0308. The lowest BCUT2D eigenvalue weighted by Gasteiger charge is -2.11. The van der Waals surface area contributed by atoms with Crippen LogP contribution in [0.25, 0.3) is 0 Å². The summed E-state index contributed by atoms with van der Waals surface area (Å²) in [7, 11) is -2.91.